The fourth-order valence-electron chi connectivity index (χ4n) is 1.57. The lowest BCUT2D eigenvalue weighted by molar-refractivity contribution is 0.0653. The first kappa shape index (κ1) is 10.1. The van der Waals surface area contributed by atoms with E-state index in [4.69, 9.17) is 10.2 Å². The molecule has 5 nitrogen and oxygen atoms in total. The maximum Gasteiger partial charge on any atom is 0.337 e. The van der Waals surface area contributed by atoms with E-state index in [0.29, 0.717) is 10.8 Å². The van der Waals surface area contributed by atoms with Gasteiger partial charge in [0, 0.05) is 17.8 Å². The molecule has 1 aromatic heterocycles. The van der Waals surface area contributed by atoms with Crippen LogP contribution in [0.15, 0.2) is 30.6 Å². The van der Waals surface area contributed by atoms with Crippen molar-refractivity contribution < 1.29 is 19.8 Å². The number of benzene rings is 1. The van der Waals surface area contributed by atoms with Gasteiger partial charge in [-0.2, -0.15) is 0 Å². The summed E-state index contributed by atoms with van der Waals surface area (Å²) in [6, 6.07) is 4.48. The highest BCUT2D eigenvalue weighted by molar-refractivity contribution is 6.11. The van der Waals surface area contributed by atoms with E-state index in [1.165, 1.54) is 18.5 Å². The first-order valence-electron chi connectivity index (χ1n) is 4.44. The molecule has 0 saturated carbocycles. The number of rotatable bonds is 2. The molecular weight excluding hydrogens is 210 g/mol. The molecule has 0 radical (unpaired) electrons. The first-order valence-corrected chi connectivity index (χ1v) is 4.44. The van der Waals surface area contributed by atoms with Crippen LogP contribution < -0.4 is 0 Å². The molecule has 0 aliphatic rings. The molecule has 16 heavy (non-hydrogen) atoms. The van der Waals surface area contributed by atoms with Gasteiger partial charge in [0.2, 0.25) is 0 Å². The van der Waals surface area contributed by atoms with E-state index in [1.54, 1.807) is 12.1 Å². The van der Waals surface area contributed by atoms with E-state index >= 15 is 0 Å². The van der Waals surface area contributed by atoms with Crippen molar-refractivity contribution in [3.63, 3.8) is 0 Å². The fraction of sp³-hybridized carbons (Fsp3) is 0. The molecule has 0 atom stereocenters. The Morgan fingerprint density at radius 1 is 1.06 bits per heavy atom. The standard InChI is InChI=1S/C11H7NO4/c13-10(14)7-2-1-6-3-4-12-5-8(6)9(7)11(15)16/h1-5H,(H,13,14)(H,15,16). The summed E-state index contributed by atoms with van der Waals surface area (Å²) in [6.45, 7) is 0. The number of aromatic nitrogens is 1. The number of carbonyl (C=O) groups is 2. The zero-order valence-electron chi connectivity index (χ0n) is 8.04. The number of nitrogens with zero attached hydrogens (tertiary/aromatic N) is 1. The Labute approximate surface area is 90.0 Å². The lowest BCUT2D eigenvalue weighted by atomic mass is 10.0. The van der Waals surface area contributed by atoms with Gasteiger partial charge in [0.25, 0.3) is 0 Å². The van der Waals surface area contributed by atoms with Crippen molar-refractivity contribution in [1.29, 1.82) is 0 Å². The van der Waals surface area contributed by atoms with Crippen molar-refractivity contribution in [2.45, 2.75) is 0 Å². The third-order valence-electron chi connectivity index (χ3n) is 2.27. The Hall–Kier alpha value is -2.43. The van der Waals surface area contributed by atoms with Crippen LogP contribution in [0.3, 0.4) is 0 Å². The number of hydrogen-bond acceptors (Lipinski definition) is 3. The Bertz CT molecular complexity index is 592. The van der Waals surface area contributed by atoms with Crippen molar-refractivity contribution >= 4 is 22.7 Å². The van der Waals surface area contributed by atoms with Crippen LogP contribution >= 0.6 is 0 Å². The summed E-state index contributed by atoms with van der Waals surface area (Å²) in [5, 5.41) is 18.9. The molecule has 0 aliphatic carbocycles. The molecule has 2 rings (SSSR count). The molecule has 80 valence electrons. The van der Waals surface area contributed by atoms with Gasteiger partial charge in [-0.15, -0.1) is 0 Å². The van der Waals surface area contributed by atoms with Crippen LogP contribution in [0.25, 0.3) is 10.8 Å². The van der Waals surface area contributed by atoms with E-state index in [2.05, 4.69) is 4.98 Å². The summed E-state index contributed by atoms with van der Waals surface area (Å²) in [4.78, 5) is 25.7. The van der Waals surface area contributed by atoms with Gasteiger partial charge in [0.05, 0.1) is 11.1 Å². The van der Waals surface area contributed by atoms with Crippen LogP contribution in [0.2, 0.25) is 0 Å². The van der Waals surface area contributed by atoms with Crippen molar-refractivity contribution in [2.24, 2.45) is 0 Å². The molecule has 0 bridgehead atoms. The number of fused-ring (bicyclic) bond motifs is 1. The molecule has 0 unspecified atom stereocenters. The fourth-order valence-corrected chi connectivity index (χ4v) is 1.57. The second-order valence-electron chi connectivity index (χ2n) is 3.20. The van der Waals surface area contributed by atoms with E-state index in [-0.39, 0.29) is 11.1 Å². The van der Waals surface area contributed by atoms with Crippen LogP contribution in [0.4, 0.5) is 0 Å². The summed E-state index contributed by atoms with van der Waals surface area (Å²) in [6.07, 6.45) is 2.87. The van der Waals surface area contributed by atoms with Gasteiger partial charge in [-0.1, -0.05) is 6.07 Å². The van der Waals surface area contributed by atoms with Gasteiger partial charge in [-0.3, -0.25) is 4.98 Å². The minimum Gasteiger partial charge on any atom is -0.478 e. The van der Waals surface area contributed by atoms with Crippen LogP contribution in [0.5, 0.6) is 0 Å². The van der Waals surface area contributed by atoms with Gasteiger partial charge >= 0.3 is 11.9 Å². The summed E-state index contributed by atoms with van der Waals surface area (Å²) in [5.41, 5.74) is -0.453. The minimum absolute atomic E-state index is 0.224. The van der Waals surface area contributed by atoms with Gasteiger partial charge in [-0.05, 0) is 17.5 Å². The van der Waals surface area contributed by atoms with Crippen LogP contribution in [-0.4, -0.2) is 27.1 Å². The second kappa shape index (κ2) is 3.62. The highest BCUT2D eigenvalue weighted by atomic mass is 16.4. The SMILES string of the molecule is O=C(O)c1ccc2ccncc2c1C(=O)O. The molecule has 0 saturated heterocycles. The van der Waals surface area contributed by atoms with E-state index in [1.807, 2.05) is 0 Å². The maximum atomic E-state index is 11.0. The van der Waals surface area contributed by atoms with Gasteiger partial charge < -0.3 is 10.2 Å². The van der Waals surface area contributed by atoms with Gasteiger partial charge in [-0.25, -0.2) is 9.59 Å². The van der Waals surface area contributed by atoms with Crippen LogP contribution in [0.1, 0.15) is 20.7 Å². The zero-order chi connectivity index (χ0) is 11.7. The summed E-state index contributed by atoms with van der Waals surface area (Å²) >= 11 is 0. The Morgan fingerprint density at radius 2 is 1.81 bits per heavy atom. The second-order valence-corrected chi connectivity index (χ2v) is 3.20. The summed E-state index contributed by atoms with van der Waals surface area (Å²) in [5.74, 6) is -2.53. The Morgan fingerprint density at radius 3 is 2.44 bits per heavy atom. The topological polar surface area (TPSA) is 87.5 Å². The Balaban J connectivity index is 2.90. The predicted molar refractivity (Wildman–Crippen MR) is 55.7 cm³/mol. The molecule has 0 spiro atoms. The smallest absolute Gasteiger partial charge is 0.337 e. The quantitative estimate of drug-likeness (QED) is 0.798. The molecule has 0 aliphatic heterocycles. The molecule has 2 aromatic rings. The molecule has 0 amide bonds. The lowest BCUT2D eigenvalue weighted by Crippen LogP contribution is -2.08. The van der Waals surface area contributed by atoms with Gasteiger partial charge in [0.15, 0.2) is 0 Å². The molecular formula is C11H7NO4. The van der Waals surface area contributed by atoms with Crippen LogP contribution in [0, 0.1) is 0 Å². The summed E-state index contributed by atoms with van der Waals surface area (Å²) < 4.78 is 0. The molecule has 1 heterocycles. The maximum absolute atomic E-state index is 11.0. The average molecular weight is 217 g/mol. The third-order valence-corrected chi connectivity index (χ3v) is 2.27. The zero-order valence-corrected chi connectivity index (χ0v) is 8.04. The normalized spacial score (nSPS) is 10.2. The van der Waals surface area contributed by atoms with Crippen molar-refractivity contribution in [3.8, 4) is 0 Å². The predicted octanol–water partition coefficient (Wildman–Crippen LogP) is 1.63. The molecule has 1 aromatic carbocycles. The number of hydrogen-bond donors (Lipinski definition) is 2. The molecule has 0 fully saturated rings. The van der Waals surface area contributed by atoms with Gasteiger partial charge in [0.1, 0.15) is 0 Å². The number of aromatic carboxylic acids is 2. The lowest BCUT2D eigenvalue weighted by Gasteiger charge is -2.05. The number of carboxylic acids is 2. The van der Waals surface area contributed by atoms with Crippen LogP contribution in [-0.2, 0) is 0 Å². The number of pyridine rings is 1. The van der Waals surface area contributed by atoms with Crippen molar-refractivity contribution in [3.05, 3.63) is 41.7 Å². The molecule has 5 heteroatoms. The first-order chi connectivity index (χ1) is 7.61. The number of carboxylic acid groups (broad SMARTS) is 2. The van der Waals surface area contributed by atoms with E-state index in [0.717, 1.165) is 0 Å². The average Bonchev–Trinajstić information content (AvgIpc) is 2.27. The van der Waals surface area contributed by atoms with E-state index in [9.17, 15) is 9.59 Å². The van der Waals surface area contributed by atoms with E-state index < -0.39 is 11.9 Å². The van der Waals surface area contributed by atoms with Crippen molar-refractivity contribution in [2.75, 3.05) is 0 Å². The van der Waals surface area contributed by atoms with Crippen molar-refractivity contribution in [1.82, 2.24) is 4.98 Å². The monoisotopic (exact) mass is 217 g/mol. The third kappa shape index (κ3) is 1.48. The highest BCUT2D eigenvalue weighted by Crippen LogP contribution is 2.21. The largest absolute Gasteiger partial charge is 0.478 e. The Kier molecular flexibility index (Phi) is 2.28. The molecule has 2 N–H and O–H groups in total. The summed E-state index contributed by atoms with van der Waals surface area (Å²) in [7, 11) is 0. The minimum atomic E-state index is -1.27. The highest BCUT2D eigenvalue weighted by Gasteiger charge is 2.18.